The van der Waals surface area contributed by atoms with Gasteiger partial charge < -0.3 is 9.42 Å². The lowest BCUT2D eigenvalue weighted by molar-refractivity contribution is -0.133. The van der Waals surface area contributed by atoms with Crippen LogP contribution in [0.1, 0.15) is 30.5 Å². The summed E-state index contributed by atoms with van der Waals surface area (Å²) in [5, 5.41) is 8.19. The molecule has 0 bridgehead atoms. The van der Waals surface area contributed by atoms with E-state index in [-0.39, 0.29) is 18.5 Å². The van der Waals surface area contributed by atoms with Gasteiger partial charge in [-0.25, -0.2) is 0 Å². The number of aromatic nitrogens is 5. The summed E-state index contributed by atoms with van der Waals surface area (Å²) in [6, 6.07) is 7.22. The molecule has 4 heterocycles. The first-order valence-electron chi connectivity index (χ1n) is 8.25. The molecule has 0 N–H and O–H groups in total. The lowest BCUT2D eigenvalue weighted by Crippen LogP contribution is -2.34. The van der Waals surface area contributed by atoms with Crippen molar-refractivity contribution < 1.29 is 9.32 Å². The molecule has 0 radical (unpaired) electrons. The molecule has 0 aliphatic carbocycles. The molecule has 1 atom stereocenters. The Balaban J connectivity index is 1.53. The highest BCUT2D eigenvalue weighted by Crippen LogP contribution is 2.32. The normalized spacial score (nSPS) is 17.2. The van der Waals surface area contributed by atoms with Crippen molar-refractivity contribution in [2.75, 3.05) is 6.54 Å². The molecule has 4 rings (SSSR count). The van der Waals surface area contributed by atoms with E-state index in [1.165, 1.54) is 0 Å². The quantitative estimate of drug-likeness (QED) is 0.723. The average Bonchev–Trinajstić information content (AvgIpc) is 3.36. The molecule has 8 heteroatoms. The summed E-state index contributed by atoms with van der Waals surface area (Å²) in [4.78, 5) is 23.2. The third-order valence-corrected chi connectivity index (χ3v) is 4.41. The fraction of sp³-hybridized carbons (Fsp3) is 0.353. The Labute approximate surface area is 144 Å². The Hall–Kier alpha value is -3.03. The molecule has 1 aliphatic heterocycles. The van der Waals surface area contributed by atoms with Gasteiger partial charge in [-0.2, -0.15) is 10.1 Å². The van der Waals surface area contributed by atoms with Crippen LogP contribution in [0.4, 0.5) is 0 Å². The summed E-state index contributed by atoms with van der Waals surface area (Å²) in [7, 11) is 0. The van der Waals surface area contributed by atoms with Crippen molar-refractivity contribution in [3.63, 3.8) is 0 Å². The minimum absolute atomic E-state index is 0.00638. The van der Waals surface area contributed by atoms with Gasteiger partial charge in [-0.1, -0.05) is 11.2 Å². The Kier molecular flexibility index (Phi) is 4.01. The SMILES string of the molecule is Cc1ccnn1CC(=O)N1CCCC1c1nc(-c2ccccn2)no1. The molecule has 8 nitrogen and oxygen atoms in total. The van der Waals surface area contributed by atoms with Crippen molar-refractivity contribution in [1.82, 2.24) is 29.8 Å². The van der Waals surface area contributed by atoms with Crippen LogP contribution in [0.15, 0.2) is 41.2 Å². The summed E-state index contributed by atoms with van der Waals surface area (Å²) in [5.41, 5.74) is 1.61. The summed E-state index contributed by atoms with van der Waals surface area (Å²) in [5.74, 6) is 0.911. The van der Waals surface area contributed by atoms with Gasteiger partial charge in [0.15, 0.2) is 0 Å². The van der Waals surface area contributed by atoms with Crippen LogP contribution in [0, 0.1) is 6.92 Å². The van der Waals surface area contributed by atoms with Crippen molar-refractivity contribution in [3.05, 3.63) is 48.2 Å². The van der Waals surface area contributed by atoms with Crippen LogP contribution in [0.25, 0.3) is 11.5 Å². The van der Waals surface area contributed by atoms with Crippen molar-refractivity contribution in [2.24, 2.45) is 0 Å². The van der Waals surface area contributed by atoms with Gasteiger partial charge in [0, 0.05) is 24.6 Å². The molecule has 128 valence electrons. The number of rotatable bonds is 4. The second kappa shape index (κ2) is 6.46. The van der Waals surface area contributed by atoms with E-state index < -0.39 is 0 Å². The van der Waals surface area contributed by atoms with Crippen LogP contribution in [-0.4, -0.2) is 42.3 Å². The largest absolute Gasteiger partial charge is 0.337 e. The third-order valence-electron chi connectivity index (χ3n) is 4.41. The number of pyridine rings is 1. The number of carbonyl (C=O) groups is 1. The van der Waals surface area contributed by atoms with Gasteiger partial charge in [-0.05, 0) is 38.0 Å². The number of hydrogen-bond acceptors (Lipinski definition) is 6. The molecule has 1 unspecified atom stereocenters. The highest BCUT2D eigenvalue weighted by Gasteiger charge is 2.34. The molecule has 3 aromatic rings. The first-order chi connectivity index (χ1) is 12.2. The van der Waals surface area contributed by atoms with E-state index in [0.29, 0.717) is 24.0 Å². The van der Waals surface area contributed by atoms with E-state index >= 15 is 0 Å². The maximum Gasteiger partial charge on any atom is 0.249 e. The molecular weight excluding hydrogens is 320 g/mol. The molecule has 0 saturated carbocycles. The number of likely N-dealkylation sites (tertiary alicyclic amines) is 1. The van der Waals surface area contributed by atoms with Crippen molar-refractivity contribution in [3.8, 4) is 11.5 Å². The highest BCUT2D eigenvalue weighted by molar-refractivity contribution is 5.76. The molecular formula is C17H18N6O2. The van der Waals surface area contributed by atoms with E-state index in [1.54, 1.807) is 22.0 Å². The Morgan fingerprint density at radius 3 is 3.00 bits per heavy atom. The standard InChI is InChI=1S/C17H18N6O2/c1-12-7-9-19-23(12)11-15(24)22-10-4-6-14(22)17-20-16(21-25-17)13-5-2-3-8-18-13/h2-3,5,7-9,14H,4,6,10-11H2,1H3. The molecule has 0 spiro atoms. The second-order valence-electron chi connectivity index (χ2n) is 6.05. The summed E-state index contributed by atoms with van der Waals surface area (Å²) in [6.07, 6.45) is 5.11. The molecule has 3 aromatic heterocycles. The third kappa shape index (κ3) is 3.02. The lowest BCUT2D eigenvalue weighted by Gasteiger charge is -2.22. The number of aryl methyl sites for hydroxylation is 1. The zero-order valence-electron chi connectivity index (χ0n) is 13.9. The predicted octanol–water partition coefficient (Wildman–Crippen LogP) is 2.00. The number of carbonyl (C=O) groups excluding carboxylic acids is 1. The van der Waals surface area contributed by atoms with Gasteiger partial charge in [0.2, 0.25) is 17.6 Å². The lowest BCUT2D eigenvalue weighted by atomic mass is 10.2. The molecule has 1 amide bonds. The monoisotopic (exact) mass is 338 g/mol. The van der Waals surface area contributed by atoms with E-state index in [1.807, 2.05) is 31.2 Å². The van der Waals surface area contributed by atoms with Crippen LogP contribution in [0.3, 0.4) is 0 Å². The molecule has 1 saturated heterocycles. The highest BCUT2D eigenvalue weighted by atomic mass is 16.5. The number of nitrogens with zero attached hydrogens (tertiary/aromatic N) is 6. The van der Waals surface area contributed by atoms with Gasteiger partial charge in [0.1, 0.15) is 18.3 Å². The summed E-state index contributed by atoms with van der Waals surface area (Å²) in [6.45, 7) is 2.83. The minimum atomic E-state index is -0.187. The predicted molar refractivity (Wildman–Crippen MR) is 88.2 cm³/mol. The van der Waals surface area contributed by atoms with Gasteiger partial charge in [0.05, 0.1) is 0 Å². The zero-order chi connectivity index (χ0) is 17.2. The first-order valence-corrected chi connectivity index (χ1v) is 8.25. The van der Waals surface area contributed by atoms with Gasteiger partial charge >= 0.3 is 0 Å². The molecule has 0 aromatic carbocycles. The van der Waals surface area contributed by atoms with Gasteiger partial charge in [-0.15, -0.1) is 0 Å². The Bertz CT molecular complexity index is 872. The fourth-order valence-electron chi connectivity index (χ4n) is 3.07. The Morgan fingerprint density at radius 1 is 1.32 bits per heavy atom. The van der Waals surface area contributed by atoms with Crippen LogP contribution in [-0.2, 0) is 11.3 Å². The zero-order valence-corrected chi connectivity index (χ0v) is 13.9. The van der Waals surface area contributed by atoms with Crippen molar-refractivity contribution in [2.45, 2.75) is 32.4 Å². The van der Waals surface area contributed by atoms with Crippen molar-refractivity contribution in [1.29, 1.82) is 0 Å². The summed E-state index contributed by atoms with van der Waals surface area (Å²) >= 11 is 0. The van der Waals surface area contributed by atoms with Crippen LogP contribution >= 0.6 is 0 Å². The average molecular weight is 338 g/mol. The molecule has 25 heavy (non-hydrogen) atoms. The van der Waals surface area contributed by atoms with Crippen molar-refractivity contribution >= 4 is 5.91 Å². The fourth-order valence-corrected chi connectivity index (χ4v) is 3.07. The van der Waals surface area contributed by atoms with Crippen LogP contribution < -0.4 is 0 Å². The van der Waals surface area contributed by atoms with Crippen LogP contribution in [0.5, 0.6) is 0 Å². The van der Waals surface area contributed by atoms with E-state index in [2.05, 4.69) is 20.2 Å². The van der Waals surface area contributed by atoms with Crippen LogP contribution in [0.2, 0.25) is 0 Å². The minimum Gasteiger partial charge on any atom is -0.337 e. The van der Waals surface area contributed by atoms with Gasteiger partial charge in [-0.3, -0.25) is 14.5 Å². The van der Waals surface area contributed by atoms with E-state index in [9.17, 15) is 4.79 Å². The first kappa shape index (κ1) is 15.5. The Morgan fingerprint density at radius 2 is 2.24 bits per heavy atom. The van der Waals surface area contributed by atoms with E-state index in [0.717, 1.165) is 18.5 Å². The van der Waals surface area contributed by atoms with E-state index in [4.69, 9.17) is 4.52 Å². The summed E-state index contributed by atoms with van der Waals surface area (Å²) < 4.78 is 7.12. The second-order valence-corrected chi connectivity index (χ2v) is 6.05. The number of hydrogen-bond donors (Lipinski definition) is 0. The smallest absolute Gasteiger partial charge is 0.249 e. The topological polar surface area (TPSA) is 89.9 Å². The number of amides is 1. The molecule has 1 aliphatic rings. The van der Waals surface area contributed by atoms with Gasteiger partial charge in [0.25, 0.3) is 0 Å². The maximum absolute atomic E-state index is 12.7. The molecule has 1 fully saturated rings. The maximum atomic E-state index is 12.7.